The first-order valence-electron chi connectivity index (χ1n) is 18.3. The fraction of sp³-hybridized carbons (Fsp3) is 0. The Morgan fingerprint density at radius 2 is 0.944 bits per heavy atom. The summed E-state index contributed by atoms with van der Waals surface area (Å²) in [5.41, 5.74) is 12.5. The number of hydrogen-bond donors (Lipinski definition) is 0. The first kappa shape index (κ1) is 29.2. The second kappa shape index (κ2) is 11.1. The maximum atomic E-state index is 6.98. The Morgan fingerprint density at radius 3 is 1.70 bits per heavy atom. The number of fused-ring (bicyclic) bond motifs is 13. The monoisotopic (exact) mass is 690 g/mol. The Kier molecular flexibility index (Phi) is 5.99. The molecule has 0 amide bonds. The summed E-state index contributed by atoms with van der Waals surface area (Å²) in [6.45, 7) is 0. The van der Waals surface area contributed by atoms with Gasteiger partial charge in [-0.15, -0.1) is 0 Å². The largest absolute Gasteiger partial charge is 0.454 e. The Hall–Kier alpha value is -7.37. The Labute approximate surface area is 309 Å². The number of furan rings is 1. The van der Waals surface area contributed by atoms with Gasteiger partial charge in [0.25, 0.3) is 0 Å². The van der Waals surface area contributed by atoms with Crippen molar-refractivity contribution in [2.75, 3.05) is 0 Å². The number of para-hydroxylation sites is 8. The molecule has 0 aliphatic heterocycles. The van der Waals surface area contributed by atoms with Crippen molar-refractivity contribution in [3.05, 3.63) is 182 Å². The molecule has 54 heavy (non-hydrogen) atoms. The lowest BCUT2D eigenvalue weighted by atomic mass is 10.0. The summed E-state index contributed by atoms with van der Waals surface area (Å²) >= 11 is 0. The van der Waals surface area contributed by atoms with Gasteiger partial charge < -0.3 is 13.6 Å². The van der Waals surface area contributed by atoms with Crippen LogP contribution in [-0.2, 0) is 0 Å². The summed E-state index contributed by atoms with van der Waals surface area (Å²) in [4.78, 5) is 5.24. The molecular weight excluding hydrogens is 661 g/mol. The van der Waals surface area contributed by atoms with Crippen molar-refractivity contribution in [3.63, 3.8) is 0 Å². The average Bonchev–Trinajstić information content (AvgIpc) is 3.99. The van der Waals surface area contributed by atoms with E-state index in [0.29, 0.717) is 0 Å². The predicted octanol–water partition coefficient (Wildman–Crippen LogP) is 12.8. The smallest absolute Gasteiger partial charge is 0.160 e. The van der Waals surface area contributed by atoms with Gasteiger partial charge in [-0.3, -0.25) is 4.57 Å². The molecule has 8 aromatic carbocycles. The quantitative estimate of drug-likeness (QED) is 0.184. The summed E-state index contributed by atoms with van der Waals surface area (Å²) in [7, 11) is 0. The van der Waals surface area contributed by atoms with Crippen molar-refractivity contribution >= 4 is 76.6 Å². The van der Waals surface area contributed by atoms with Crippen LogP contribution >= 0.6 is 0 Å². The molecule has 252 valence electrons. The average molecular weight is 691 g/mol. The minimum Gasteiger partial charge on any atom is -0.454 e. The highest BCUT2D eigenvalue weighted by Gasteiger charge is 2.28. The maximum absolute atomic E-state index is 6.98. The Bertz CT molecular complexity index is 3440. The molecule has 12 rings (SSSR count). The molecule has 0 radical (unpaired) electrons. The molecule has 0 spiro atoms. The number of aromatic nitrogens is 4. The maximum Gasteiger partial charge on any atom is 0.160 e. The Morgan fingerprint density at radius 1 is 0.389 bits per heavy atom. The highest BCUT2D eigenvalue weighted by Crippen LogP contribution is 2.50. The zero-order chi connectivity index (χ0) is 35.3. The van der Waals surface area contributed by atoms with E-state index in [4.69, 9.17) is 9.40 Å². The van der Waals surface area contributed by atoms with Crippen LogP contribution in [0.25, 0.3) is 105 Å². The van der Waals surface area contributed by atoms with Crippen LogP contribution in [0, 0.1) is 0 Å². The molecule has 0 bridgehead atoms. The molecule has 0 N–H and O–H groups in total. The molecule has 0 atom stereocenters. The molecule has 0 aliphatic carbocycles. The molecule has 0 saturated carbocycles. The highest BCUT2D eigenvalue weighted by atomic mass is 16.3. The van der Waals surface area contributed by atoms with Gasteiger partial charge in [0.2, 0.25) is 0 Å². The summed E-state index contributed by atoms with van der Waals surface area (Å²) < 4.78 is 14.2. The van der Waals surface area contributed by atoms with Gasteiger partial charge in [0.15, 0.2) is 5.58 Å². The number of rotatable bonds is 4. The lowest BCUT2D eigenvalue weighted by molar-refractivity contribution is 0.671. The van der Waals surface area contributed by atoms with E-state index in [9.17, 15) is 0 Å². The summed E-state index contributed by atoms with van der Waals surface area (Å²) in [5, 5.41) is 6.91. The van der Waals surface area contributed by atoms with Gasteiger partial charge >= 0.3 is 0 Å². The molecule has 0 aliphatic rings. The van der Waals surface area contributed by atoms with Crippen molar-refractivity contribution in [3.8, 4) is 28.5 Å². The van der Waals surface area contributed by atoms with E-state index in [1.54, 1.807) is 0 Å². The first-order chi connectivity index (χ1) is 26.8. The lowest BCUT2D eigenvalue weighted by Crippen LogP contribution is -2.05. The number of hydrogen-bond acceptors (Lipinski definition) is 2. The van der Waals surface area contributed by atoms with Crippen molar-refractivity contribution in [2.24, 2.45) is 0 Å². The van der Waals surface area contributed by atoms with Crippen LogP contribution in [0.3, 0.4) is 0 Å². The van der Waals surface area contributed by atoms with Crippen LogP contribution in [-0.4, -0.2) is 18.7 Å². The van der Waals surface area contributed by atoms with E-state index in [0.717, 1.165) is 88.9 Å². The third-order valence-electron chi connectivity index (χ3n) is 11.0. The van der Waals surface area contributed by atoms with Crippen LogP contribution in [0.2, 0.25) is 0 Å². The second-order valence-electron chi connectivity index (χ2n) is 13.9. The van der Waals surface area contributed by atoms with Crippen molar-refractivity contribution in [1.29, 1.82) is 0 Å². The standard InChI is InChI=1S/C49H30N4O/c1-3-17-31(18-4-1)49-50-36-24-10-13-27-39(36)53(49)41-29-15-14-28-40(41)52-38-26-12-7-21-33(38)43-44-35-23-9-16-30-42(35)54-48(44)47-45(46(43)52)34-22-8-11-25-37(34)51(47)32-19-5-2-6-20-32/h1-30H. The van der Waals surface area contributed by atoms with E-state index in [2.05, 4.69) is 196 Å². The molecule has 4 aromatic heterocycles. The lowest BCUT2D eigenvalue weighted by Gasteiger charge is -2.17. The molecule has 5 nitrogen and oxygen atoms in total. The summed E-state index contributed by atoms with van der Waals surface area (Å²) in [6.07, 6.45) is 0. The SMILES string of the molecule is c1ccc(-c2nc3ccccc3n2-c2ccccc2-n2c3ccccc3c3c4c5ccccc5oc4c4c(c5ccccc5n4-c4ccccc4)c32)cc1. The zero-order valence-corrected chi connectivity index (χ0v) is 29.0. The molecule has 12 aromatic rings. The van der Waals surface area contributed by atoms with Gasteiger partial charge in [-0.25, -0.2) is 4.98 Å². The van der Waals surface area contributed by atoms with Gasteiger partial charge in [-0.1, -0.05) is 127 Å². The van der Waals surface area contributed by atoms with Gasteiger partial charge in [0.05, 0.1) is 44.5 Å². The van der Waals surface area contributed by atoms with E-state index >= 15 is 0 Å². The van der Waals surface area contributed by atoms with E-state index in [-0.39, 0.29) is 0 Å². The molecule has 0 unspecified atom stereocenters. The van der Waals surface area contributed by atoms with E-state index < -0.39 is 0 Å². The summed E-state index contributed by atoms with van der Waals surface area (Å²) in [6, 6.07) is 64.4. The molecular formula is C49H30N4O. The summed E-state index contributed by atoms with van der Waals surface area (Å²) in [5.74, 6) is 0.902. The zero-order valence-electron chi connectivity index (χ0n) is 29.0. The van der Waals surface area contributed by atoms with Crippen LogP contribution in [0.4, 0.5) is 0 Å². The van der Waals surface area contributed by atoms with Crippen LogP contribution < -0.4 is 0 Å². The third kappa shape index (κ3) is 3.90. The molecule has 4 heterocycles. The topological polar surface area (TPSA) is 40.8 Å². The minimum absolute atomic E-state index is 0.876. The fourth-order valence-corrected chi connectivity index (χ4v) is 8.87. The van der Waals surface area contributed by atoms with Crippen molar-refractivity contribution in [2.45, 2.75) is 0 Å². The second-order valence-corrected chi connectivity index (χ2v) is 13.9. The van der Waals surface area contributed by atoms with Crippen molar-refractivity contribution < 1.29 is 4.42 Å². The number of benzene rings is 8. The Balaban J connectivity index is 1.34. The normalized spacial score (nSPS) is 12.1. The van der Waals surface area contributed by atoms with Gasteiger partial charge in [0, 0.05) is 43.6 Å². The molecule has 5 heteroatoms. The molecule has 0 fully saturated rings. The van der Waals surface area contributed by atoms with Crippen LogP contribution in [0.5, 0.6) is 0 Å². The van der Waals surface area contributed by atoms with Crippen LogP contribution in [0.15, 0.2) is 186 Å². The minimum atomic E-state index is 0.876. The first-order valence-corrected chi connectivity index (χ1v) is 18.3. The number of nitrogens with zero attached hydrogens (tertiary/aromatic N) is 4. The van der Waals surface area contributed by atoms with E-state index in [1.807, 2.05) is 0 Å². The van der Waals surface area contributed by atoms with E-state index in [1.165, 1.54) is 16.2 Å². The molecule has 0 saturated heterocycles. The third-order valence-corrected chi connectivity index (χ3v) is 11.0. The highest BCUT2D eigenvalue weighted by molar-refractivity contribution is 6.39. The van der Waals surface area contributed by atoms with Crippen LogP contribution in [0.1, 0.15) is 0 Å². The van der Waals surface area contributed by atoms with Gasteiger partial charge in [-0.2, -0.15) is 0 Å². The van der Waals surface area contributed by atoms with Crippen molar-refractivity contribution in [1.82, 2.24) is 18.7 Å². The fourth-order valence-electron chi connectivity index (χ4n) is 8.87. The number of imidazole rings is 1. The predicted molar refractivity (Wildman–Crippen MR) is 222 cm³/mol. The van der Waals surface area contributed by atoms with Gasteiger partial charge in [0.1, 0.15) is 11.4 Å². The van der Waals surface area contributed by atoms with Gasteiger partial charge in [-0.05, 0) is 54.6 Å².